The molecule has 0 amide bonds. The fraction of sp³-hybridized carbons (Fsp3) is 0.455. The molecule has 1 aromatic heterocycles. The van der Waals surface area contributed by atoms with Gasteiger partial charge in [-0.05, 0) is 12.5 Å². The number of nitrogens with zero attached hydrogens (tertiary/aromatic N) is 2. The Morgan fingerprint density at radius 2 is 2.50 bits per heavy atom. The molecule has 16 heavy (non-hydrogen) atoms. The lowest BCUT2D eigenvalue weighted by atomic mass is 10.2. The molecule has 2 N–H and O–H groups in total. The SMILES string of the molecule is COc1ncccc1CNC1=NCCCN1. The van der Waals surface area contributed by atoms with Gasteiger partial charge < -0.3 is 15.4 Å². The van der Waals surface area contributed by atoms with Crippen LogP contribution in [0.5, 0.6) is 5.88 Å². The summed E-state index contributed by atoms with van der Waals surface area (Å²) in [6, 6.07) is 3.89. The van der Waals surface area contributed by atoms with Crippen LogP contribution in [0, 0.1) is 0 Å². The number of rotatable bonds is 3. The van der Waals surface area contributed by atoms with Crippen LogP contribution in [-0.4, -0.2) is 31.1 Å². The molecule has 0 radical (unpaired) electrons. The second-order valence-corrected chi connectivity index (χ2v) is 3.54. The van der Waals surface area contributed by atoms with Gasteiger partial charge in [-0.1, -0.05) is 6.07 Å². The molecule has 86 valence electrons. The molecule has 0 bridgehead atoms. The molecule has 1 aliphatic rings. The molecule has 0 saturated carbocycles. The highest BCUT2D eigenvalue weighted by Crippen LogP contribution is 2.12. The van der Waals surface area contributed by atoms with Crippen LogP contribution in [0.2, 0.25) is 0 Å². The Morgan fingerprint density at radius 1 is 1.56 bits per heavy atom. The average molecular weight is 220 g/mol. The molecular formula is C11H16N4O. The molecule has 2 heterocycles. The molecule has 5 nitrogen and oxygen atoms in total. The number of hydrogen-bond acceptors (Lipinski definition) is 5. The molecule has 0 atom stereocenters. The fourth-order valence-corrected chi connectivity index (χ4v) is 1.57. The van der Waals surface area contributed by atoms with Gasteiger partial charge in [-0.15, -0.1) is 0 Å². The minimum Gasteiger partial charge on any atom is -0.481 e. The fourth-order valence-electron chi connectivity index (χ4n) is 1.57. The van der Waals surface area contributed by atoms with Crippen molar-refractivity contribution < 1.29 is 4.74 Å². The predicted molar refractivity (Wildman–Crippen MR) is 62.6 cm³/mol. The van der Waals surface area contributed by atoms with E-state index in [1.807, 2.05) is 12.1 Å². The van der Waals surface area contributed by atoms with Gasteiger partial charge in [0.2, 0.25) is 5.88 Å². The van der Waals surface area contributed by atoms with Crippen molar-refractivity contribution in [2.75, 3.05) is 20.2 Å². The lowest BCUT2D eigenvalue weighted by molar-refractivity contribution is 0.392. The van der Waals surface area contributed by atoms with Gasteiger partial charge in [0.1, 0.15) is 0 Å². The van der Waals surface area contributed by atoms with Crippen molar-refractivity contribution in [1.82, 2.24) is 15.6 Å². The zero-order valence-electron chi connectivity index (χ0n) is 9.36. The third-order valence-electron chi connectivity index (χ3n) is 2.39. The summed E-state index contributed by atoms with van der Waals surface area (Å²) in [6.45, 7) is 2.54. The minimum absolute atomic E-state index is 0.659. The normalized spacial score (nSPS) is 14.9. The summed E-state index contributed by atoms with van der Waals surface area (Å²) in [7, 11) is 1.63. The van der Waals surface area contributed by atoms with E-state index in [9.17, 15) is 0 Å². The topological polar surface area (TPSA) is 58.5 Å². The summed E-state index contributed by atoms with van der Waals surface area (Å²) < 4.78 is 5.17. The van der Waals surface area contributed by atoms with Gasteiger partial charge in [-0.3, -0.25) is 4.99 Å². The van der Waals surface area contributed by atoms with E-state index in [0.717, 1.165) is 31.0 Å². The smallest absolute Gasteiger partial charge is 0.218 e. The summed E-state index contributed by atoms with van der Waals surface area (Å²) >= 11 is 0. The van der Waals surface area contributed by atoms with Crippen LogP contribution in [0.15, 0.2) is 23.3 Å². The van der Waals surface area contributed by atoms with Crippen molar-refractivity contribution in [3.05, 3.63) is 23.9 Å². The summed E-state index contributed by atoms with van der Waals surface area (Å²) in [5.74, 6) is 1.52. The molecule has 0 aliphatic carbocycles. The van der Waals surface area contributed by atoms with Crippen LogP contribution in [-0.2, 0) is 6.54 Å². The summed E-state index contributed by atoms with van der Waals surface area (Å²) in [6.07, 6.45) is 2.82. The highest BCUT2D eigenvalue weighted by Gasteiger charge is 2.06. The van der Waals surface area contributed by atoms with Gasteiger partial charge in [0, 0.05) is 31.4 Å². The number of guanidine groups is 1. The van der Waals surface area contributed by atoms with Gasteiger partial charge in [0.05, 0.1) is 7.11 Å². The Labute approximate surface area is 94.9 Å². The third-order valence-corrected chi connectivity index (χ3v) is 2.39. The minimum atomic E-state index is 0.659. The predicted octanol–water partition coefficient (Wildman–Crippen LogP) is 0.529. The lowest BCUT2D eigenvalue weighted by Gasteiger charge is -2.16. The summed E-state index contributed by atoms with van der Waals surface area (Å²) in [4.78, 5) is 8.47. The Hall–Kier alpha value is -1.78. The van der Waals surface area contributed by atoms with Crippen molar-refractivity contribution in [2.45, 2.75) is 13.0 Å². The number of nitrogens with one attached hydrogen (secondary N) is 2. The number of ether oxygens (including phenoxy) is 1. The standard InChI is InChI=1S/C11H16N4O/c1-16-10-9(4-2-5-12-10)8-15-11-13-6-3-7-14-11/h2,4-5H,3,6-8H2,1H3,(H2,13,14,15). The summed E-state index contributed by atoms with van der Waals surface area (Å²) in [5.41, 5.74) is 1.03. The molecule has 0 aromatic carbocycles. The monoisotopic (exact) mass is 220 g/mol. The molecule has 0 saturated heterocycles. The maximum Gasteiger partial charge on any atom is 0.218 e. The highest BCUT2D eigenvalue weighted by molar-refractivity contribution is 5.80. The second kappa shape index (κ2) is 5.34. The average Bonchev–Trinajstić information content (AvgIpc) is 2.38. The number of hydrogen-bond donors (Lipinski definition) is 2. The number of methoxy groups -OCH3 is 1. The molecular weight excluding hydrogens is 204 g/mol. The van der Waals surface area contributed by atoms with Crippen LogP contribution >= 0.6 is 0 Å². The van der Waals surface area contributed by atoms with Crippen LogP contribution in [0.1, 0.15) is 12.0 Å². The van der Waals surface area contributed by atoms with Gasteiger partial charge in [0.25, 0.3) is 0 Å². The molecule has 0 fully saturated rings. The first kappa shape index (κ1) is 10.7. The Bertz CT molecular complexity index is 378. The van der Waals surface area contributed by atoms with Gasteiger partial charge in [-0.2, -0.15) is 0 Å². The van der Waals surface area contributed by atoms with Crippen molar-refractivity contribution in [3.8, 4) is 5.88 Å². The van der Waals surface area contributed by atoms with E-state index in [1.54, 1.807) is 13.3 Å². The number of aliphatic imine (C=N–C) groups is 1. The quantitative estimate of drug-likeness (QED) is 0.780. The summed E-state index contributed by atoms with van der Waals surface area (Å²) in [5, 5.41) is 6.44. The number of pyridine rings is 1. The first-order valence-electron chi connectivity index (χ1n) is 5.40. The van der Waals surface area contributed by atoms with E-state index in [1.165, 1.54) is 0 Å². The molecule has 1 aliphatic heterocycles. The Balaban J connectivity index is 1.96. The lowest BCUT2D eigenvalue weighted by Crippen LogP contribution is -2.40. The van der Waals surface area contributed by atoms with E-state index >= 15 is 0 Å². The van der Waals surface area contributed by atoms with E-state index in [-0.39, 0.29) is 0 Å². The van der Waals surface area contributed by atoms with E-state index in [2.05, 4.69) is 20.6 Å². The Morgan fingerprint density at radius 3 is 3.25 bits per heavy atom. The van der Waals surface area contributed by atoms with Crippen LogP contribution in [0.4, 0.5) is 0 Å². The third kappa shape index (κ3) is 2.62. The number of aromatic nitrogens is 1. The van der Waals surface area contributed by atoms with Gasteiger partial charge in [-0.25, -0.2) is 4.98 Å². The van der Waals surface area contributed by atoms with Crippen molar-refractivity contribution in [1.29, 1.82) is 0 Å². The van der Waals surface area contributed by atoms with Gasteiger partial charge in [0.15, 0.2) is 5.96 Å². The molecule has 5 heteroatoms. The van der Waals surface area contributed by atoms with Gasteiger partial charge >= 0.3 is 0 Å². The van der Waals surface area contributed by atoms with Crippen LogP contribution < -0.4 is 15.4 Å². The van der Waals surface area contributed by atoms with E-state index < -0.39 is 0 Å². The van der Waals surface area contributed by atoms with E-state index in [0.29, 0.717) is 12.4 Å². The zero-order chi connectivity index (χ0) is 11.2. The highest BCUT2D eigenvalue weighted by atomic mass is 16.5. The Kier molecular flexibility index (Phi) is 3.58. The largest absolute Gasteiger partial charge is 0.481 e. The molecule has 2 rings (SSSR count). The molecule has 0 unspecified atom stereocenters. The van der Waals surface area contributed by atoms with Crippen molar-refractivity contribution in [3.63, 3.8) is 0 Å². The molecule has 1 aromatic rings. The maximum absolute atomic E-state index is 5.17. The first-order valence-corrected chi connectivity index (χ1v) is 5.40. The van der Waals surface area contributed by atoms with E-state index in [4.69, 9.17) is 4.74 Å². The van der Waals surface area contributed by atoms with Crippen LogP contribution in [0.3, 0.4) is 0 Å². The van der Waals surface area contributed by atoms with Crippen LogP contribution in [0.25, 0.3) is 0 Å². The second-order valence-electron chi connectivity index (χ2n) is 3.54. The van der Waals surface area contributed by atoms with Crippen molar-refractivity contribution in [2.24, 2.45) is 4.99 Å². The first-order chi connectivity index (χ1) is 7.90. The van der Waals surface area contributed by atoms with Crippen molar-refractivity contribution >= 4 is 5.96 Å². The molecule has 0 spiro atoms. The zero-order valence-corrected chi connectivity index (χ0v) is 9.36. The maximum atomic E-state index is 5.17.